The van der Waals surface area contributed by atoms with E-state index in [0.717, 1.165) is 5.56 Å². The molecule has 1 atom stereocenters. The van der Waals surface area contributed by atoms with Gasteiger partial charge in [-0.05, 0) is 24.1 Å². The average molecular weight is 271 g/mol. The van der Waals surface area contributed by atoms with Crippen molar-refractivity contribution in [1.82, 2.24) is 4.98 Å². The molecule has 2 rings (SSSR count). The number of H-pyrrole nitrogens is 1. The number of hydrogen-bond donors (Lipinski definition) is 1. The molecule has 0 aliphatic heterocycles. The number of ether oxygens (including phenoxy) is 1. The van der Waals surface area contributed by atoms with Gasteiger partial charge in [0.25, 0.3) is 0 Å². The van der Waals surface area contributed by atoms with Crippen molar-refractivity contribution in [3.05, 3.63) is 59.9 Å². The van der Waals surface area contributed by atoms with Gasteiger partial charge in [-0.15, -0.1) is 0 Å². The number of ketones is 1. The highest BCUT2D eigenvalue weighted by molar-refractivity contribution is 5.96. The van der Waals surface area contributed by atoms with Crippen LogP contribution in [0.2, 0.25) is 0 Å². The highest BCUT2D eigenvalue weighted by Gasteiger charge is 2.21. The van der Waals surface area contributed by atoms with Crippen molar-refractivity contribution in [3.8, 4) is 0 Å². The molecule has 2 aromatic rings. The summed E-state index contributed by atoms with van der Waals surface area (Å²) in [6, 6.07) is 12.8. The van der Waals surface area contributed by atoms with E-state index in [1.165, 1.54) is 0 Å². The Hall–Kier alpha value is -2.36. The zero-order valence-corrected chi connectivity index (χ0v) is 11.3. The summed E-state index contributed by atoms with van der Waals surface area (Å²) in [5.74, 6) is -0.919. The van der Waals surface area contributed by atoms with Crippen LogP contribution in [0.3, 0.4) is 0 Å². The lowest BCUT2D eigenvalue weighted by Gasteiger charge is -2.14. The lowest BCUT2D eigenvalue weighted by molar-refractivity contribution is -0.144. The van der Waals surface area contributed by atoms with E-state index in [1.807, 2.05) is 37.3 Å². The van der Waals surface area contributed by atoms with Crippen molar-refractivity contribution in [2.45, 2.75) is 19.3 Å². The van der Waals surface area contributed by atoms with Crippen LogP contribution >= 0.6 is 0 Å². The van der Waals surface area contributed by atoms with Crippen molar-refractivity contribution in [2.75, 3.05) is 6.61 Å². The molecule has 104 valence electrons. The van der Waals surface area contributed by atoms with Gasteiger partial charge in [0.1, 0.15) is 0 Å². The third-order valence-electron chi connectivity index (χ3n) is 3.14. The van der Waals surface area contributed by atoms with Crippen molar-refractivity contribution in [1.29, 1.82) is 0 Å². The molecule has 0 saturated carbocycles. The molecule has 0 bridgehead atoms. The maximum absolute atomic E-state index is 12.1. The minimum Gasteiger partial charge on any atom is -0.457 e. The Morgan fingerprint density at radius 1 is 1.15 bits per heavy atom. The molecular formula is C16H17NO3. The summed E-state index contributed by atoms with van der Waals surface area (Å²) >= 11 is 0. The van der Waals surface area contributed by atoms with Crippen LogP contribution in [0.5, 0.6) is 0 Å². The Labute approximate surface area is 117 Å². The molecular weight excluding hydrogens is 254 g/mol. The molecule has 1 heterocycles. The van der Waals surface area contributed by atoms with Crippen molar-refractivity contribution in [3.63, 3.8) is 0 Å². The van der Waals surface area contributed by atoms with Gasteiger partial charge in [0.2, 0.25) is 5.78 Å². The van der Waals surface area contributed by atoms with E-state index in [9.17, 15) is 9.59 Å². The Kier molecular flexibility index (Phi) is 4.71. The van der Waals surface area contributed by atoms with Crippen molar-refractivity contribution in [2.24, 2.45) is 0 Å². The molecule has 0 saturated heterocycles. The second-order valence-electron chi connectivity index (χ2n) is 4.49. The van der Waals surface area contributed by atoms with Crippen LogP contribution in [0.15, 0.2) is 48.7 Å². The first-order valence-electron chi connectivity index (χ1n) is 6.60. The molecule has 0 radical (unpaired) electrons. The standard InChI is InChI=1S/C16H17NO3/c1-2-13(12-7-4-3-5-8-12)16(19)20-11-15(18)14-9-6-10-17-14/h3-10,13,17H,2,11H2,1H3. The third kappa shape index (κ3) is 3.35. The summed E-state index contributed by atoms with van der Waals surface area (Å²) in [7, 11) is 0. The number of aromatic nitrogens is 1. The van der Waals surface area contributed by atoms with Crippen LogP contribution in [0.4, 0.5) is 0 Å². The second-order valence-corrected chi connectivity index (χ2v) is 4.49. The molecule has 0 amide bonds. The van der Waals surface area contributed by atoms with E-state index in [2.05, 4.69) is 4.98 Å². The van der Waals surface area contributed by atoms with E-state index < -0.39 is 0 Å². The Morgan fingerprint density at radius 2 is 1.90 bits per heavy atom. The number of carbonyl (C=O) groups is 2. The van der Waals surface area contributed by atoms with E-state index in [-0.39, 0.29) is 24.3 Å². The van der Waals surface area contributed by atoms with Gasteiger partial charge in [0, 0.05) is 6.20 Å². The fourth-order valence-corrected chi connectivity index (χ4v) is 2.04. The van der Waals surface area contributed by atoms with Crippen LogP contribution in [-0.4, -0.2) is 23.3 Å². The van der Waals surface area contributed by atoms with E-state index in [1.54, 1.807) is 18.3 Å². The number of esters is 1. The zero-order chi connectivity index (χ0) is 14.4. The van der Waals surface area contributed by atoms with Gasteiger partial charge in [0.05, 0.1) is 11.6 Å². The molecule has 1 unspecified atom stereocenters. The molecule has 0 aliphatic carbocycles. The first-order valence-corrected chi connectivity index (χ1v) is 6.60. The number of aromatic amines is 1. The third-order valence-corrected chi connectivity index (χ3v) is 3.14. The number of hydrogen-bond acceptors (Lipinski definition) is 3. The predicted molar refractivity (Wildman–Crippen MR) is 75.6 cm³/mol. The molecule has 0 fully saturated rings. The quantitative estimate of drug-likeness (QED) is 0.649. The highest BCUT2D eigenvalue weighted by atomic mass is 16.5. The molecule has 0 spiro atoms. The molecule has 20 heavy (non-hydrogen) atoms. The van der Waals surface area contributed by atoms with Gasteiger partial charge < -0.3 is 9.72 Å². The van der Waals surface area contributed by atoms with E-state index >= 15 is 0 Å². The lowest BCUT2D eigenvalue weighted by atomic mass is 9.97. The Morgan fingerprint density at radius 3 is 2.50 bits per heavy atom. The second kappa shape index (κ2) is 6.70. The Balaban J connectivity index is 1.95. The zero-order valence-electron chi connectivity index (χ0n) is 11.3. The average Bonchev–Trinajstić information content (AvgIpc) is 3.01. The maximum atomic E-state index is 12.1. The summed E-state index contributed by atoms with van der Waals surface area (Å²) in [6.07, 6.45) is 2.30. The van der Waals surface area contributed by atoms with Gasteiger partial charge in [-0.2, -0.15) is 0 Å². The molecule has 1 N–H and O–H groups in total. The first-order chi connectivity index (χ1) is 9.72. The predicted octanol–water partition coefficient (Wildman–Crippen LogP) is 2.93. The SMILES string of the molecule is CCC(C(=O)OCC(=O)c1ccc[nH]1)c1ccccc1. The number of benzene rings is 1. The van der Waals surface area contributed by atoms with Gasteiger partial charge in [0.15, 0.2) is 6.61 Å². The van der Waals surface area contributed by atoms with Crippen LogP contribution in [0, 0.1) is 0 Å². The normalized spacial score (nSPS) is 11.8. The number of carbonyl (C=O) groups excluding carboxylic acids is 2. The largest absolute Gasteiger partial charge is 0.457 e. The molecule has 1 aromatic carbocycles. The van der Waals surface area contributed by atoms with Crippen LogP contribution < -0.4 is 0 Å². The number of nitrogens with one attached hydrogen (secondary N) is 1. The van der Waals surface area contributed by atoms with Crippen LogP contribution in [0.25, 0.3) is 0 Å². The van der Waals surface area contributed by atoms with Crippen LogP contribution in [0.1, 0.15) is 35.3 Å². The van der Waals surface area contributed by atoms with Gasteiger partial charge in [-0.3, -0.25) is 9.59 Å². The minimum absolute atomic E-state index is 0.230. The first kappa shape index (κ1) is 14.1. The van der Waals surface area contributed by atoms with Gasteiger partial charge >= 0.3 is 5.97 Å². The smallest absolute Gasteiger partial charge is 0.313 e. The number of Topliss-reactive ketones (excluding diaryl/α,β-unsaturated/α-hetero) is 1. The molecule has 4 nitrogen and oxygen atoms in total. The summed E-state index contributed by atoms with van der Waals surface area (Å²) in [6.45, 7) is 1.69. The summed E-state index contributed by atoms with van der Waals surface area (Å²) < 4.78 is 5.13. The summed E-state index contributed by atoms with van der Waals surface area (Å²) in [5, 5.41) is 0. The highest BCUT2D eigenvalue weighted by Crippen LogP contribution is 2.20. The topological polar surface area (TPSA) is 59.2 Å². The molecule has 0 aliphatic rings. The Bertz CT molecular complexity index is 561. The van der Waals surface area contributed by atoms with Crippen molar-refractivity contribution < 1.29 is 14.3 Å². The van der Waals surface area contributed by atoms with Gasteiger partial charge in [-0.1, -0.05) is 37.3 Å². The van der Waals surface area contributed by atoms with Gasteiger partial charge in [-0.25, -0.2) is 0 Å². The fraction of sp³-hybridized carbons (Fsp3) is 0.250. The fourth-order valence-electron chi connectivity index (χ4n) is 2.04. The molecule has 1 aromatic heterocycles. The van der Waals surface area contributed by atoms with Crippen LogP contribution in [-0.2, 0) is 9.53 Å². The maximum Gasteiger partial charge on any atom is 0.313 e. The lowest BCUT2D eigenvalue weighted by Crippen LogP contribution is -2.20. The number of rotatable bonds is 6. The van der Waals surface area contributed by atoms with Crippen molar-refractivity contribution >= 4 is 11.8 Å². The van der Waals surface area contributed by atoms with E-state index in [0.29, 0.717) is 12.1 Å². The molecule has 4 heteroatoms. The summed E-state index contributed by atoms with van der Waals surface area (Å²) in [4.78, 5) is 26.6. The minimum atomic E-state index is -0.362. The van der Waals surface area contributed by atoms with E-state index in [4.69, 9.17) is 4.74 Å². The summed E-state index contributed by atoms with van der Waals surface area (Å²) in [5.41, 5.74) is 1.36. The monoisotopic (exact) mass is 271 g/mol.